The lowest BCUT2D eigenvalue weighted by Crippen LogP contribution is -2.48. The number of carbonyl (C=O) groups is 1. The highest BCUT2D eigenvalue weighted by atomic mass is 32.2. The van der Waals surface area contributed by atoms with Crippen molar-refractivity contribution in [2.45, 2.75) is 17.9 Å². The normalized spacial score (nSPS) is 20.4. The number of nitrogens with zero attached hydrogens (tertiary/aromatic N) is 1. The molecule has 7 nitrogen and oxygen atoms in total. The van der Waals surface area contributed by atoms with Gasteiger partial charge >= 0.3 is 0 Å². The summed E-state index contributed by atoms with van der Waals surface area (Å²) in [6, 6.07) is 4.37. The number of primary amides is 1. The molecule has 1 unspecified atom stereocenters. The summed E-state index contributed by atoms with van der Waals surface area (Å²) in [7, 11) is -3.69. The Hall–Kier alpha value is -1.48. The van der Waals surface area contributed by atoms with Crippen molar-refractivity contribution in [3.63, 3.8) is 0 Å². The third-order valence-corrected chi connectivity index (χ3v) is 5.34. The fraction of sp³-hybridized carbons (Fsp3) is 0.462. The minimum absolute atomic E-state index is 0.0552. The Morgan fingerprint density at radius 1 is 1.48 bits per heavy atom. The largest absolute Gasteiger partial charge is 0.374 e. The minimum atomic E-state index is -3.69. The fourth-order valence-electron chi connectivity index (χ4n) is 2.23. The molecule has 4 N–H and O–H groups in total. The van der Waals surface area contributed by atoms with Gasteiger partial charge in [-0.2, -0.15) is 4.31 Å². The lowest BCUT2D eigenvalue weighted by molar-refractivity contribution is 0.00450. The van der Waals surface area contributed by atoms with Crippen molar-refractivity contribution in [3.05, 3.63) is 29.3 Å². The van der Waals surface area contributed by atoms with Gasteiger partial charge < -0.3 is 16.2 Å². The molecule has 116 valence electrons. The van der Waals surface area contributed by atoms with Gasteiger partial charge in [0, 0.05) is 25.2 Å². The Labute approximate surface area is 123 Å². The molecule has 1 aliphatic heterocycles. The minimum Gasteiger partial charge on any atom is -0.374 e. The van der Waals surface area contributed by atoms with Gasteiger partial charge in [-0.05, 0) is 24.6 Å². The van der Waals surface area contributed by atoms with Gasteiger partial charge in [0.1, 0.15) is 0 Å². The highest BCUT2D eigenvalue weighted by Gasteiger charge is 2.30. The van der Waals surface area contributed by atoms with Gasteiger partial charge in [0.05, 0.1) is 17.6 Å². The Balaban J connectivity index is 2.35. The van der Waals surface area contributed by atoms with Crippen molar-refractivity contribution >= 4 is 15.9 Å². The predicted molar refractivity (Wildman–Crippen MR) is 77.3 cm³/mol. The summed E-state index contributed by atoms with van der Waals surface area (Å²) in [6.07, 6.45) is -0.311. The number of hydrogen-bond acceptors (Lipinski definition) is 5. The quantitative estimate of drug-likeness (QED) is 0.773. The Kier molecular flexibility index (Phi) is 4.62. The van der Waals surface area contributed by atoms with Gasteiger partial charge in [-0.15, -0.1) is 0 Å². The van der Waals surface area contributed by atoms with Crippen LogP contribution in [0.3, 0.4) is 0 Å². The maximum atomic E-state index is 12.6. The van der Waals surface area contributed by atoms with Gasteiger partial charge in [0.2, 0.25) is 15.9 Å². The maximum Gasteiger partial charge on any atom is 0.249 e. The van der Waals surface area contributed by atoms with Crippen molar-refractivity contribution in [3.8, 4) is 0 Å². The van der Waals surface area contributed by atoms with Crippen LogP contribution < -0.4 is 11.5 Å². The SMILES string of the molecule is Cc1ccc(S(=O)(=O)N2CCOC(CN)C2)cc1C(N)=O. The van der Waals surface area contributed by atoms with E-state index in [2.05, 4.69) is 0 Å². The molecule has 0 saturated carbocycles. The molecule has 1 fully saturated rings. The van der Waals surface area contributed by atoms with E-state index in [1.54, 1.807) is 13.0 Å². The zero-order chi connectivity index (χ0) is 15.6. The molecule has 1 saturated heterocycles. The molecule has 0 spiro atoms. The molecule has 1 aliphatic rings. The Morgan fingerprint density at radius 2 is 2.19 bits per heavy atom. The first kappa shape index (κ1) is 15.9. The first-order valence-electron chi connectivity index (χ1n) is 6.58. The number of ether oxygens (including phenoxy) is 1. The number of amides is 1. The molecule has 1 atom stereocenters. The summed E-state index contributed by atoms with van der Waals surface area (Å²) < 4.78 is 31.9. The van der Waals surface area contributed by atoms with Crippen LogP contribution in [0.2, 0.25) is 0 Å². The summed E-state index contributed by atoms with van der Waals surface area (Å²) in [6.45, 7) is 2.73. The van der Waals surface area contributed by atoms with Gasteiger partial charge in [-0.25, -0.2) is 8.42 Å². The number of carbonyl (C=O) groups excluding carboxylic acids is 1. The predicted octanol–water partition coefficient (Wildman–Crippen LogP) is -0.558. The van der Waals surface area contributed by atoms with Crippen molar-refractivity contribution in [2.24, 2.45) is 11.5 Å². The summed E-state index contributed by atoms with van der Waals surface area (Å²) in [5.41, 5.74) is 11.6. The van der Waals surface area contributed by atoms with Gasteiger partial charge in [-0.3, -0.25) is 4.79 Å². The third kappa shape index (κ3) is 3.24. The number of hydrogen-bond donors (Lipinski definition) is 2. The van der Waals surface area contributed by atoms with Crippen molar-refractivity contribution in [2.75, 3.05) is 26.2 Å². The number of sulfonamides is 1. The lowest BCUT2D eigenvalue weighted by Gasteiger charge is -2.31. The molecule has 8 heteroatoms. The van der Waals surface area contributed by atoms with E-state index in [0.29, 0.717) is 12.2 Å². The average molecular weight is 313 g/mol. The van der Waals surface area contributed by atoms with E-state index >= 15 is 0 Å². The standard InChI is InChI=1S/C13H19N3O4S/c1-9-2-3-11(6-12(9)13(15)17)21(18,19)16-4-5-20-10(7-14)8-16/h2-3,6,10H,4-5,7-8,14H2,1H3,(H2,15,17). The second kappa shape index (κ2) is 6.10. The zero-order valence-corrected chi connectivity index (χ0v) is 12.6. The van der Waals surface area contributed by atoms with Crippen LogP contribution in [0.4, 0.5) is 0 Å². The van der Waals surface area contributed by atoms with Crippen LogP contribution in [-0.4, -0.2) is 51.0 Å². The maximum absolute atomic E-state index is 12.6. The molecule has 2 rings (SSSR count). The second-order valence-electron chi connectivity index (χ2n) is 4.93. The Morgan fingerprint density at radius 3 is 2.81 bits per heavy atom. The van der Waals surface area contributed by atoms with Gasteiger partial charge in [0.25, 0.3) is 0 Å². The number of morpholine rings is 1. The topological polar surface area (TPSA) is 116 Å². The van der Waals surface area contributed by atoms with Crippen molar-refractivity contribution < 1.29 is 17.9 Å². The van der Waals surface area contributed by atoms with Crippen LogP contribution in [0.15, 0.2) is 23.1 Å². The Bertz CT molecular complexity index is 645. The monoisotopic (exact) mass is 313 g/mol. The van der Waals surface area contributed by atoms with Crippen LogP contribution in [0, 0.1) is 6.92 Å². The van der Waals surface area contributed by atoms with Gasteiger partial charge in [-0.1, -0.05) is 6.07 Å². The van der Waals surface area contributed by atoms with E-state index in [-0.39, 0.29) is 36.2 Å². The molecule has 1 amide bonds. The number of aryl methyl sites for hydroxylation is 1. The van der Waals surface area contributed by atoms with E-state index in [1.807, 2.05) is 0 Å². The molecule has 1 aromatic rings. The third-order valence-electron chi connectivity index (χ3n) is 3.48. The van der Waals surface area contributed by atoms with E-state index in [0.717, 1.165) is 0 Å². The fourth-order valence-corrected chi connectivity index (χ4v) is 3.71. The molecule has 0 radical (unpaired) electrons. The molecular formula is C13H19N3O4S. The second-order valence-corrected chi connectivity index (χ2v) is 6.87. The number of benzene rings is 1. The lowest BCUT2D eigenvalue weighted by atomic mass is 10.1. The van der Waals surface area contributed by atoms with Gasteiger partial charge in [0.15, 0.2) is 0 Å². The summed E-state index contributed by atoms with van der Waals surface area (Å²) >= 11 is 0. The molecule has 21 heavy (non-hydrogen) atoms. The molecule has 1 aromatic carbocycles. The molecular weight excluding hydrogens is 294 g/mol. The van der Waals surface area contributed by atoms with Crippen molar-refractivity contribution in [1.82, 2.24) is 4.31 Å². The number of nitrogens with two attached hydrogens (primary N) is 2. The number of rotatable bonds is 4. The zero-order valence-electron chi connectivity index (χ0n) is 11.8. The smallest absolute Gasteiger partial charge is 0.249 e. The van der Waals surface area contributed by atoms with E-state index in [9.17, 15) is 13.2 Å². The molecule has 0 bridgehead atoms. The van der Waals surface area contributed by atoms with Crippen LogP contribution in [-0.2, 0) is 14.8 Å². The highest BCUT2D eigenvalue weighted by molar-refractivity contribution is 7.89. The van der Waals surface area contributed by atoms with E-state index in [4.69, 9.17) is 16.2 Å². The van der Waals surface area contributed by atoms with Crippen molar-refractivity contribution in [1.29, 1.82) is 0 Å². The first-order chi connectivity index (χ1) is 9.86. The van der Waals surface area contributed by atoms with E-state index in [1.165, 1.54) is 16.4 Å². The summed E-state index contributed by atoms with van der Waals surface area (Å²) in [5, 5.41) is 0. The summed E-state index contributed by atoms with van der Waals surface area (Å²) in [4.78, 5) is 11.4. The van der Waals surface area contributed by atoms with Crippen LogP contribution in [0.5, 0.6) is 0 Å². The first-order valence-corrected chi connectivity index (χ1v) is 8.02. The molecule has 1 heterocycles. The van der Waals surface area contributed by atoms with E-state index < -0.39 is 15.9 Å². The molecule has 0 aromatic heterocycles. The van der Waals surface area contributed by atoms with Crippen LogP contribution >= 0.6 is 0 Å². The molecule has 0 aliphatic carbocycles. The average Bonchev–Trinajstić information content (AvgIpc) is 2.47. The van der Waals surface area contributed by atoms with Crippen LogP contribution in [0.1, 0.15) is 15.9 Å². The summed E-state index contributed by atoms with van der Waals surface area (Å²) in [5.74, 6) is -0.647. The van der Waals surface area contributed by atoms with Crippen LogP contribution in [0.25, 0.3) is 0 Å². The highest BCUT2D eigenvalue weighted by Crippen LogP contribution is 2.21.